The first-order chi connectivity index (χ1) is 14.0. The average Bonchev–Trinajstić information content (AvgIpc) is 2.63. The molecule has 2 N–H and O–H groups in total. The summed E-state index contributed by atoms with van der Waals surface area (Å²) in [6.45, 7) is 4.91. The van der Waals surface area contributed by atoms with E-state index >= 15 is 0 Å². The van der Waals surface area contributed by atoms with Crippen LogP contribution in [0.25, 0.3) is 6.08 Å². The Morgan fingerprint density at radius 1 is 1.43 bits per heavy atom. The third-order valence-electron chi connectivity index (χ3n) is 4.07. The standard InChI is InChI=1S/C19H24FN3O7/c1-19(2,3)30-18(25)22-9-13(28-10-12(22)11-29-17(21)24)7-8-14-15(20)5-4-6-16(14)23(26)27/h4-8,12-13H,9-11H2,1-3H3,(H2,21,24)/t12-,13+/m0/s1. The number of carbonyl (C=O) groups excluding carboxylic acids is 2. The van der Waals surface area contributed by atoms with Gasteiger partial charge in [0.15, 0.2) is 0 Å². The zero-order valence-corrected chi connectivity index (χ0v) is 16.9. The molecule has 10 nitrogen and oxygen atoms in total. The molecule has 0 unspecified atom stereocenters. The molecule has 0 spiro atoms. The molecule has 2 atom stereocenters. The molecule has 0 bridgehead atoms. The van der Waals surface area contributed by atoms with E-state index in [-0.39, 0.29) is 25.3 Å². The van der Waals surface area contributed by atoms with E-state index in [1.807, 2.05) is 0 Å². The fourth-order valence-electron chi connectivity index (χ4n) is 2.75. The molecule has 1 aromatic rings. The Morgan fingerprint density at radius 3 is 2.73 bits per heavy atom. The highest BCUT2D eigenvalue weighted by atomic mass is 19.1. The summed E-state index contributed by atoms with van der Waals surface area (Å²) in [6, 6.07) is 2.91. The van der Waals surface area contributed by atoms with E-state index in [0.717, 1.165) is 6.07 Å². The van der Waals surface area contributed by atoms with E-state index in [1.54, 1.807) is 20.8 Å². The van der Waals surface area contributed by atoms with Crippen molar-refractivity contribution in [1.29, 1.82) is 0 Å². The molecule has 11 heteroatoms. The zero-order valence-electron chi connectivity index (χ0n) is 16.9. The highest BCUT2D eigenvalue weighted by Gasteiger charge is 2.35. The fraction of sp³-hybridized carbons (Fsp3) is 0.474. The summed E-state index contributed by atoms with van der Waals surface area (Å²) in [5, 5.41) is 11.1. The smallest absolute Gasteiger partial charge is 0.410 e. The second-order valence-corrected chi connectivity index (χ2v) is 7.58. The first kappa shape index (κ1) is 23.1. The van der Waals surface area contributed by atoms with Gasteiger partial charge in [-0.2, -0.15) is 0 Å². The number of carbonyl (C=O) groups is 2. The van der Waals surface area contributed by atoms with Crippen LogP contribution in [0, 0.1) is 15.9 Å². The monoisotopic (exact) mass is 425 g/mol. The molecule has 0 radical (unpaired) electrons. The molecule has 1 fully saturated rings. The topological polar surface area (TPSA) is 134 Å². The number of nitrogens with zero attached hydrogens (tertiary/aromatic N) is 2. The molecule has 1 aliphatic heterocycles. The number of nitro benzene ring substituents is 1. The number of benzene rings is 1. The van der Waals surface area contributed by atoms with Crippen LogP contribution >= 0.6 is 0 Å². The molecule has 2 rings (SSSR count). The lowest BCUT2D eigenvalue weighted by atomic mass is 10.1. The number of nitro groups is 1. The molecular formula is C19H24FN3O7. The minimum Gasteiger partial charge on any atom is -0.447 e. The van der Waals surface area contributed by atoms with Gasteiger partial charge in [0.1, 0.15) is 18.0 Å². The SMILES string of the molecule is CC(C)(C)OC(=O)N1C[C@@H](C=Cc2c(F)cccc2[N+](=O)[O-])OC[C@H]1COC(N)=O. The Morgan fingerprint density at radius 2 is 2.13 bits per heavy atom. The van der Waals surface area contributed by atoms with Crippen molar-refractivity contribution < 1.29 is 33.1 Å². The number of hydrogen-bond acceptors (Lipinski definition) is 7. The second-order valence-electron chi connectivity index (χ2n) is 7.58. The quantitative estimate of drug-likeness (QED) is 0.566. The van der Waals surface area contributed by atoms with Gasteiger partial charge in [0.05, 0.1) is 35.8 Å². The summed E-state index contributed by atoms with van der Waals surface area (Å²) in [5.41, 5.74) is 3.64. The van der Waals surface area contributed by atoms with Crippen LogP contribution in [0.4, 0.5) is 19.7 Å². The summed E-state index contributed by atoms with van der Waals surface area (Å²) in [6.07, 6.45) is 0.327. The number of rotatable bonds is 5. The lowest BCUT2D eigenvalue weighted by Crippen LogP contribution is -2.55. The molecule has 30 heavy (non-hydrogen) atoms. The maximum Gasteiger partial charge on any atom is 0.410 e. The average molecular weight is 425 g/mol. The number of nitrogens with two attached hydrogens (primary N) is 1. The highest BCUT2D eigenvalue weighted by molar-refractivity contribution is 5.69. The van der Waals surface area contributed by atoms with Crippen LogP contribution in [0.2, 0.25) is 0 Å². The molecule has 164 valence electrons. The van der Waals surface area contributed by atoms with E-state index in [2.05, 4.69) is 0 Å². The highest BCUT2D eigenvalue weighted by Crippen LogP contribution is 2.24. The van der Waals surface area contributed by atoms with Crippen molar-refractivity contribution in [2.75, 3.05) is 19.8 Å². The van der Waals surface area contributed by atoms with E-state index in [1.165, 1.54) is 29.2 Å². The van der Waals surface area contributed by atoms with E-state index in [9.17, 15) is 24.1 Å². The maximum atomic E-state index is 14.1. The number of ether oxygens (including phenoxy) is 3. The first-order valence-corrected chi connectivity index (χ1v) is 9.12. The minimum absolute atomic E-state index is 0.000449. The molecule has 0 aromatic heterocycles. The Hall–Kier alpha value is -3.21. The Balaban J connectivity index is 2.20. The molecule has 1 heterocycles. The third-order valence-corrected chi connectivity index (χ3v) is 4.07. The molecule has 2 amide bonds. The van der Waals surface area contributed by atoms with Gasteiger partial charge in [-0.3, -0.25) is 15.0 Å². The van der Waals surface area contributed by atoms with Gasteiger partial charge in [0, 0.05) is 6.07 Å². The predicted octanol–water partition coefficient (Wildman–Crippen LogP) is 2.85. The van der Waals surface area contributed by atoms with Crippen molar-refractivity contribution in [2.45, 2.75) is 38.5 Å². The molecule has 1 aliphatic rings. The molecule has 0 aliphatic carbocycles. The molecule has 1 saturated heterocycles. The largest absolute Gasteiger partial charge is 0.447 e. The number of hydrogen-bond donors (Lipinski definition) is 1. The van der Waals surface area contributed by atoms with Gasteiger partial charge < -0.3 is 19.9 Å². The Labute approximate surface area is 172 Å². The number of amides is 2. The lowest BCUT2D eigenvalue weighted by molar-refractivity contribution is -0.385. The van der Waals surface area contributed by atoms with Crippen LogP contribution in [0.3, 0.4) is 0 Å². The van der Waals surface area contributed by atoms with E-state index in [0.29, 0.717) is 0 Å². The summed E-state index contributed by atoms with van der Waals surface area (Å²) in [7, 11) is 0. The van der Waals surface area contributed by atoms with Gasteiger partial charge in [-0.25, -0.2) is 14.0 Å². The predicted molar refractivity (Wildman–Crippen MR) is 104 cm³/mol. The first-order valence-electron chi connectivity index (χ1n) is 9.12. The van der Waals surface area contributed by atoms with Crippen LogP contribution in [-0.4, -0.2) is 59.5 Å². The van der Waals surface area contributed by atoms with Crippen molar-refractivity contribution >= 4 is 23.9 Å². The lowest BCUT2D eigenvalue weighted by Gasteiger charge is -2.38. The summed E-state index contributed by atoms with van der Waals surface area (Å²) >= 11 is 0. The second kappa shape index (κ2) is 9.53. The summed E-state index contributed by atoms with van der Waals surface area (Å²) in [4.78, 5) is 35.3. The van der Waals surface area contributed by atoms with Crippen molar-refractivity contribution in [3.8, 4) is 0 Å². The number of halogens is 1. The Kier molecular flexibility index (Phi) is 7.33. The fourth-order valence-corrected chi connectivity index (χ4v) is 2.75. The van der Waals surface area contributed by atoms with Crippen LogP contribution in [0.1, 0.15) is 26.3 Å². The third kappa shape index (κ3) is 6.41. The van der Waals surface area contributed by atoms with Crippen LogP contribution in [0.15, 0.2) is 24.3 Å². The van der Waals surface area contributed by atoms with E-state index < -0.39 is 46.4 Å². The summed E-state index contributed by atoms with van der Waals surface area (Å²) in [5.74, 6) is -0.756. The van der Waals surface area contributed by atoms with Gasteiger partial charge >= 0.3 is 12.2 Å². The van der Waals surface area contributed by atoms with Crippen molar-refractivity contribution in [3.63, 3.8) is 0 Å². The van der Waals surface area contributed by atoms with Crippen LogP contribution in [0.5, 0.6) is 0 Å². The van der Waals surface area contributed by atoms with Crippen molar-refractivity contribution in [2.24, 2.45) is 5.73 Å². The van der Waals surface area contributed by atoms with E-state index in [4.69, 9.17) is 19.9 Å². The Bertz CT molecular complexity index is 838. The van der Waals surface area contributed by atoms with Gasteiger partial charge in [-0.05, 0) is 32.9 Å². The van der Waals surface area contributed by atoms with Crippen molar-refractivity contribution in [3.05, 3.63) is 45.8 Å². The maximum absolute atomic E-state index is 14.1. The zero-order chi connectivity index (χ0) is 22.5. The van der Waals surface area contributed by atoms with Gasteiger partial charge in [0.25, 0.3) is 5.69 Å². The van der Waals surface area contributed by atoms with Gasteiger partial charge in [0.2, 0.25) is 0 Å². The minimum atomic E-state index is -0.993. The molecule has 1 aromatic carbocycles. The molecular weight excluding hydrogens is 401 g/mol. The van der Waals surface area contributed by atoms with Gasteiger partial charge in [-0.15, -0.1) is 0 Å². The van der Waals surface area contributed by atoms with Crippen LogP contribution in [-0.2, 0) is 14.2 Å². The number of morpholine rings is 1. The van der Waals surface area contributed by atoms with Crippen LogP contribution < -0.4 is 5.73 Å². The normalized spacial score (nSPS) is 19.5. The molecule has 0 saturated carbocycles. The summed E-state index contributed by atoms with van der Waals surface area (Å²) < 4.78 is 29.8. The van der Waals surface area contributed by atoms with Crippen molar-refractivity contribution in [1.82, 2.24) is 4.90 Å². The van der Waals surface area contributed by atoms with Gasteiger partial charge in [-0.1, -0.05) is 12.1 Å². The number of primary amides is 1.